The van der Waals surface area contributed by atoms with Crippen LogP contribution in [0.25, 0.3) is 0 Å². The summed E-state index contributed by atoms with van der Waals surface area (Å²) in [6, 6.07) is 10.3. The lowest BCUT2D eigenvalue weighted by atomic mass is 10.1. The maximum absolute atomic E-state index is 12.7. The summed E-state index contributed by atoms with van der Waals surface area (Å²) >= 11 is 0. The predicted molar refractivity (Wildman–Crippen MR) is 103 cm³/mol. The molecule has 5 heteroatoms. The third-order valence-electron chi connectivity index (χ3n) is 5.44. The van der Waals surface area contributed by atoms with E-state index < -0.39 is 0 Å². The highest BCUT2D eigenvalue weighted by Gasteiger charge is 2.24. The minimum atomic E-state index is 0.132. The smallest absolute Gasteiger partial charge is 0.253 e. The summed E-state index contributed by atoms with van der Waals surface area (Å²) in [4.78, 5) is 16.9. The van der Waals surface area contributed by atoms with Gasteiger partial charge in [-0.2, -0.15) is 5.10 Å². The molecule has 5 nitrogen and oxygen atoms in total. The number of amides is 1. The summed E-state index contributed by atoms with van der Waals surface area (Å²) in [7, 11) is 0. The minimum Gasteiger partial charge on any atom is -0.352 e. The van der Waals surface area contributed by atoms with Gasteiger partial charge in [0.2, 0.25) is 0 Å². The van der Waals surface area contributed by atoms with E-state index in [-0.39, 0.29) is 5.91 Å². The molecule has 2 heterocycles. The third kappa shape index (κ3) is 3.43. The Kier molecular flexibility index (Phi) is 4.87. The molecule has 1 amide bonds. The normalized spacial score (nSPS) is 16.7. The quantitative estimate of drug-likeness (QED) is 0.851. The SMILES string of the molecule is CCCc1ccc(C(=O)N2CCN(c3cc4c(nn3)CCC4)CC2)cc1. The van der Waals surface area contributed by atoms with E-state index in [1.807, 2.05) is 17.0 Å². The molecule has 0 bridgehead atoms. The third-order valence-corrected chi connectivity index (χ3v) is 5.44. The van der Waals surface area contributed by atoms with E-state index in [1.54, 1.807) is 0 Å². The second-order valence-electron chi connectivity index (χ2n) is 7.25. The molecule has 136 valence electrons. The van der Waals surface area contributed by atoms with Crippen molar-refractivity contribution in [2.24, 2.45) is 0 Å². The fraction of sp³-hybridized carbons (Fsp3) is 0.476. The maximum atomic E-state index is 12.7. The van der Waals surface area contributed by atoms with Gasteiger partial charge in [0, 0.05) is 31.7 Å². The van der Waals surface area contributed by atoms with E-state index in [1.165, 1.54) is 17.5 Å². The number of anilines is 1. The van der Waals surface area contributed by atoms with Crippen molar-refractivity contribution < 1.29 is 4.79 Å². The lowest BCUT2D eigenvalue weighted by Gasteiger charge is -2.35. The number of nitrogens with zero attached hydrogens (tertiary/aromatic N) is 4. The van der Waals surface area contributed by atoms with Gasteiger partial charge in [0.25, 0.3) is 5.91 Å². The van der Waals surface area contributed by atoms with Gasteiger partial charge in [-0.1, -0.05) is 25.5 Å². The fourth-order valence-electron chi connectivity index (χ4n) is 3.90. The predicted octanol–water partition coefficient (Wildman–Crippen LogP) is 2.88. The standard InChI is InChI=1S/C21H26N4O/c1-2-4-16-7-9-17(10-8-16)21(26)25-13-11-24(12-14-25)20-15-18-5-3-6-19(18)22-23-20/h7-10,15H,2-6,11-14H2,1H3. The molecule has 0 spiro atoms. The molecule has 1 aliphatic carbocycles. The van der Waals surface area contributed by atoms with Crippen LogP contribution in [-0.2, 0) is 19.3 Å². The average molecular weight is 350 g/mol. The Bertz CT molecular complexity index is 779. The number of hydrogen-bond donors (Lipinski definition) is 0. The van der Waals surface area contributed by atoms with Crippen LogP contribution in [-0.4, -0.2) is 47.2 Å². The molecular weight excluding hydrogens is 324 g/mol. The highest BCUT2D eigenvalue weighted by Crippen LogP contribution is 2.23. The van der Waals surface area contributed by atoms with E-state index in [9.17, 15) is 4.79 Å². The van der Waals surface area contributed by atoms with Crippen LogP contribution >= 0.6 is 0 Å². The highest BCUT2D eigenvalue weighted by atomic mass is 16.2. The summed E-state index contributed by atoms with van der Waals surface area (Å²) in [5.41, 5.74) is 4.59. The van der Waals surface area contributed by atoms with Gasteiger partial charge in [0.05, 0.1) is 5.69 Å². The van der Waals surface area contributed by atoms with Crippen LogP contribution in [0.3, 0.4) is 0 Å². The molecule has 0 saturated carbocycles. The van der Waals surface area contributed by atoms with Gasteiger partial charge < -0.3 is 9.80 Å². The zero-order valence-electron chi connectivity index (χ0n) is 15.4. The van der Waals surface area contributed by atoms with Crippen molar-refractivity contribution >= 4 is 11.7 Å². The first-order chi connectivity index (χ1) is 12.7. The van der Waals surface area contributed by atoms with Crippen LogP contribution in [0.5, 0.6) is 0 Å². The van der Waals surface area contributed by atoms with Gasteiger partial charge in [-0.05, 0) is 55.0 Å². The molecule has 2 aliphatic rings. The van der Waals surface area contributed by atoms with Crippen molar-refractivity contribution in [3.05, 3.63) is 52.7 Å². The van der Waals surface area contributed by atoms with E-state index in [0.717, 1.165) is 68.9 Å². The number of benzene rings is 1. The van der Waals surface area contributed by atoms with E-state index >= 15 is 0 Å². The fourth-order valence-corrected chi connectivity index (χ4v) is 3.90. The second-order valence-corrected chi connectivity index (χ2v) is 7.25. The first-order valence-electron chi connectivity index (χ1n) is 9.73. The van der Waals surface area contributed by atoms with Crippen molar-refractivity contribution in [2.75, 3.05) is 31.1 Å². The Labute approximate surface area is 155 Å². The zero-order valence-corrected chi connectivity index (χ0v) is 15.4. The number of fused-ring (bicyclic) bond motifs is 1. The summed E-state index contributed by atoms with van der Waals surface area (Å²) in [5, 5.41) is 8.79. The molecule has 1 fully saturated rings. The van der Waals surface area contributed by atoms with Crippen LogP contribution in [0, 0.1) is 0 Å². The molecule has 0 N–H and O–H groups in total. The number of carbonyl (C=O) groups excluding carboxylic acids is 1. The monoisotopic (exact) mass is 350 g/mol. The molecule has 1 aromatic heterocycles. The van der Waals surface area contributed by atoms with E-state index in [4.69, 9.17) is 0 Å². The van der Waals surface area contributed by atoms with Crippen molar-refractivity contribution in [3.8, 4) is 0 Å². The summed E-state index contributed by atoms with van der Waals surface area (Å²) in [6.07, 6.45) is 5.55. The van der Waals surface area contributed by atoms with Crippen molar-refractivity contribution in [2.45, 2.75) is 39.0 Å². The highest BCUT2D eigenvalue weighted by molar-refractivity contribution is 5.94. The molecule has 0 atom stereocenters. The van der Waals surface area contributed by atoms with Crippen LogP contribution in [0.2, 0.25) is 0 Å². The number of piperazine rings is 1. The number of aryl methyl sites for hydroxylation is 3. The molecule has 1 saturated heterocycles. The Morgan fingerprint density at radius 1 is 1.04 bits per heavy atom. The van der Waals surface area contributed by atoms with Gasteiger partial charge in [-0.25, -0.2) is 0 Å². The van der Waals surface area contributed by atoms with Gasteiger partial charge in [0.15, 0.2) is 5.82 Å². The molecule has 0 radical (unpaired) electrons. The summed E-state index contributed by atoms with van der Waals surface area (Å²) in [5.74, 6) is 1.09. The van der Waals surface area contributed by atoms with Crippen LogP contribution in [0.1, 0.15) is 46.9 Å². The molecule has 1 aliphatic heterocycles. The van der Waals surface area contributed by atoms with Gasteiger partial charge in [-0.3, -0.25) is 4.79 Å². The van der Waals surface area contributed by atoms with Gasteiger partial charge in [-0.15, -0.1) is 5.10 Å². The van der Waals surface area contributed by atoms with Crippen molar-refractivity contribution in [1.82, 2.24) is 15.1 Å². The Balaban J connectivity index is 1.37. The average Bonchev–Trinajstić information content (AvgIpc) is 3.16. The lowest BCUT2D eigenvalue weighted by molar-refractivity contribution is 0.0746. The summed E-state index contributed by atoms with van der Waals surface area (Å²) < 4.78 is 0. The first-order valence-corrected chi connectivity index (χ1v) is 9.73. The topological polar surface area (TPSA) is 49.3 Å². The van der Waals surface area contributed by atoms with Crippen molar-refractivity contribution in [1.29, 1.82) is 0 Å². The first kappa shape index (κ1) is 17.0. The maximum Gasteiger partial charge on any atom is 0.253 e. The molecule has 4 rings (SSSR count). The molecule has 0 unspecified atom stereocenters. The van der Waals surface area contributed by atoms with Crippen LogP contribution < -0.4 is 4.90 Å². The second kappa shape index (κ2) is 7.44. The number of carbonyl (C=O) groups is 1. The number of aromatic nitrogens is 2. The summed E-state index contributed by atoms with van der Waals surface area (Å²) in [6.45, 7) is 5.26. The molecule has 1 aromatic carbocycles. The van der Waals surface area contributed by atoms with E-state index in [2.05, 4.69) is 40.2 Å². The Hall–Kier alpha value is -2.43. The number of hydrogen-bond acceptors (Lipinski definition) is 4. The Morgan fingerprint density at radius 2 is 1.81 bits per heavy atom. The minimum absolute atomic E-state index is 0.132. The Morgan fingerprint density at radius 3 is 2.54 bits per heavy atom. The van der Waals surface area contributed by atoms with Crippen LogP contribution in [0.15, 0.2) is 30.3 Å². The molecular formula is C21H26N4O. The van der Waals surface area contributed by atoms with Crippen molar-refractivity contribution in [3.63, 3.8) is 0 Å². The zero-order chi connectivity index (χ0) is 17.9. The van der Waals surface area contributed by atoms with Gasteiger partial charge >= 0.3 is 0 Å². The molecule has 26 heavy (non-hydrogen) atoms. The molecule has 2 aromatic rings. The van der Waals surface area contributed by atoms with E-state index in [0.29, 0.717) is 0 Å². The van der Waals surface area contributed by atoms with Gasteiger partial charge in [0.1, 0.15) is 0 Å². The number of rotatable bonds is 4. The van der Waals surface area contributed by atoms with Crippen LogP contribution in [0.4, 0.5) is 5.82 Å². The lowest BCUT2D eigenvalue weighted by Crippen LogP contribution is -2.49. The largest absolute Gasteiger partial charge is 0.352 e.